The first-order valence-corrected chi connectivity index (χ1v) is 8.12. The number of hydrogen-bond donors (Lipinski definition) is 1. The molecule has 2 unspecified atom stereocenters. The number of aromatic hydroxyl groups is 1. The van der Waals surface area contributed by atoms with Crippen molar-refractivity contribution in [1.29, 1.82) is 0 Å². The van der Waals surface area contributed by atoms with Crippen LogP contribution in [0, 0.1) is 0 Å². The fourth-order valence-electron chi connectivity index (χ4n) is 3.79. The van der Waals surface area contributed by atoms with E-state index in [2.05, 4.69) is 16.7 Å². The second kappa shape index (κ2) is 6.24. The molecule has 3 rings (SSSR count). The molecule has 0 aromatic heterocycles. The van der Waals surface area contributed by atoms with E-state index in [1.54, 1.807) is 0 Å². The van der Waals surface area contributed by atoms with E-state index in [0.29, 0.717) is 30.2 Å². The van der Waals surface area contributed by atoms with Gasteiger partial charge < -0.3 is 9.84 Å². The van der Waals surface area contributed by atoms with Crippen LogP contribution in [0.3, 0.4) is 0 Å². The van der Waals surface area contributed by atoms with Crippen LogP contribution in [0.1, 0.15) is 32.3 Å². The first-order chi connectivity index (χ1) is 10.2. The number of ether oxygens (including phenoxy) is 1. The van der Waals surface area contributed by atoms with Crippen LogP contribution < -0.4 is 4.74 Å². The molecular weight excluding hydrogens is 264 g/mol. The average Bonchev–Trinajstić information content (AvgIpc) is 2.95. The van der Waals surface area contributed by atoms with Crippen LogP contribution >= 0.6 is 0 Å². The number of benzene rings is 1. The van der Waals surface area contributed by atoms with E-state index in [1.807, 2.05) is 25.1 Å². The normalized spacial score (nSPS) is 26.8. The zero-order chi connectivity index (χ0) is 14.8. The van der Waals surface area contributed by atoms with Gasteiger partial charge in [-0.1, -0.05) is 12.1 Å². The average molecular weight is 290 g/mol. The second-order valence-corrected chi connectivity index (χ2v) is 6.15. The van der Waals surface area contributed by atoms with Gasteiger partial charge >= 0.3 is 0 Å². The number of rotatable bonds is 4. The van der Waals surface area contributed by atoms with Crippen molar-refractivity contribution in [3.05, 3.63) is 23.8 Å². The van der Waals surface area contributed by atoms with Crippen LogP contribution in [-0.4, -0.2) is 53.2 Å². The summed E-state index contributed by atoms with van der Waals surface area (Å²) in [6.45, 7) is 9.14. The molecule has 1 N–H and O–H groups in total. The van der Waals surface area contributed by atoms with Gasteiger partial charge in [0.25, 0.3) is 0 Å². The predicted molar refractivity (Wildman–Crippen MR) is 83.7 cm³/mol. The summed E-state index contributed by atoms with van der Waals surface area (Å²) in [4.78, 5) is 5.12. The predicted octanol–water partition coefficient (Wildman–Crippen LogP) is 2.46. The standard InChI is InChI=1S/C17H26N2O2/c1-3-21-16-8-4-6-14(17(16)20)12-19-11-10-18-9-5-7-15(18)13(19)2/h4,6,8,13,15,20H,3,5,7,9-12H2,1-2H3. The number of phenolic OH excluding ortho intramolecular Hbond substituents is 1. The summed E-state index contributed by atoms with van der Waals surface area (Å²) in [6.07, 6.45) is 2.64. The maximum Gasteiger partial charge on any atom is 0.162 e. The molecule has 2 saturated heterocycles. The van der Waals surface area contributed by atoms with E-state index in [1.165, 1.54) is 19.4 Å². The lowest BCUT2D eigenvalue weighted by Gasteiger charge is -2.43. The third-order valence-corrected chi connectivity index (χ3v) is 4.98. The molecule has 1 aromatic carbocycles. The summed E-state index contributed by atoms with van der Waals surface area (Å²) in [5.41, 5.74) is 0.972. The van der Waals surface area contributed by atoms with Gasteiger partial charge in [-0.05, 0) is 39.3 Å². The van der Waals surface area contributed by atoms with E-state index >= 15 is 0 Å². The third-order valence-electron chi connectivity index (χ3n) is 4.98. The summed E-state index contributed by atoms with van der Waals surface area (Å²) in [5.74, 6) is 0.905. The lowest BCUT2D eigenvalue weighted by molar-refractivity contribution is 0.0465. The van der Waals surface area contributed by atoms with Crippen LogP contribution in [0.2, 0.25) is 0 Å². The first kappa shape index (κ1) is 14.7. The number of fused-ring (bicyclic) bond motifs is 1. The van der Waals surface area contributed by atoms with Crippen molar-refractivity contribution in [3.8, 4) is 11.5 Å². The van der Waals surface area contributed by atoms with Crippen LogP contribution in [0.15, 0.2) is 18.2 Å². The molecule has 1 aromatic rings. The quantitative estimate of drug-likeness (QED) is 0.924. The van der Waals surface area contributed by atoms with Gasteiger partial charge in [-0.2, -0.15) is 0 Å². The zero-order valence-electron chi connectivity index (χ0n) is 13.1. The Hall–Kier alpha value is -1.26. The van der Waals surface area contributed by atoms with Gasteiger partial charge in [0.1, 0.15) is 0 Å². The van der Waals surface area contributed by atoms with Crippen LogP contribution in [-0.2, 0) is 6.54 Å². The van der Waals surface area contributed by atoms with Gasteiger partial charge in [-0.3, -0.25) is 9.80 Å². The number of nitrogens with zero attached hydrogens (tertiary/aromatic N) is 2. The zero-order valence-corrected chi connectivity index (χ0v) is 13.1. The SMILES string of the molecule is CCOc1cccc(CN2CCN3CCCC3C2C)c1O. The molecule has 2 aliphatic heterocycles. The molecule has 4 heteroatoms. The van der Waals surface area contributed by atoms with Gasteiger partial charge in [-0.15, -0.1) is 0 Å². The van der Waals surface area contributed by atoms with E-state index in [0.717, 1.165) is 25.2 Å². The number of hydrogen-bond acceptors (Lipinski definition) is 4. The van der Waals surface area contributed by atoms with Crippen molar-refractivity contribution in [1.82, 2.24) is 9.80 Å². The molecule has 0 spiro atoms. The summed E-state index contributed by atoms with van der Waals surface area (Å²) >= 11 is 0. The Morgan fingerprint density at radius 2 is 2.14 bits per heavy atom. The maximum atomic E-state index is 10.4. The molecule has 0 saturated carbocycles. The summed E-state index contributed by atoms with van der Waals surface area (Å²) in [5, 5.41) is 10.4. The van der Waals surface area contributed by atoms with Crippen molar-refractivity contribution in [3.63, 3.8) is 0 Å². The fraction of sp³-hybridized carbons (Fsp3) is 0.647. The lowest BCUT2D eigenvalue weighted by atomic mass is 10.0. The Morgan fingerprint density at radius 3 is 2.95 bits per heavy atom. The topological polar surface area (TPSA) is 35.9 Å². The minimum atomic E-state index is 0.306. The van der Waals surface area contributed by atoms with E-state index in [4.69, 9.17) is 4.74 Å². The summed E-state index contributed by atoms with van der Waals surface area (Å²) in [7, 11) is 0. The Kier molecular flexibility index (Phi) is 4.36. The molecule has 4 nitrogen and oxygen atoms in total. The van der Waals surface area contributed by atoms with Crippen molar-refractivity contribution in [2.24, 2.45) is 0 Å². The highest BCUT2D eigenvalue weighted by molar-refractivity contribution is 5.45. The highest BCUT2D eigenvalue weighted by atomic mass is 16.5. The minimum absolute atomic E-state index is 0.306. The molecule has 116 valence electrons. The molecule has 0 bridgehead atoms. The van der Waals surface area contributed by atoms with Gasteiger partial charge in [0.15, 0.2) is 11.5 Å². The summed E-state index contributed by atoms with van der Waals surface area (Å²) < 4.78 is 5.49. The highest BCUT2D eigenvalue weighted by Gasteiger charge is 2.36. The van der Waals surface area contributed by atoms with E-state index < -0.39 is 0 Å². The van der Waals surface area contributed by atoms with Crippen LogP contribution in [0.25, 0.3) is 0 Å². The Bertz CT molecular complexity index is 492. The lowest BCUT2D eigenvalue weighted by Crippen LogP contribution is -2.55. The Labute approximate surface area is 127 Å². The van der Waals surface area contributed by atoms with Gasteiger partial charge in [0, 0.05) is 37.3 Å². The smallest absolute Gasteiger partial charge is 0.162 e. The van der Waals surface area contributed by atoms with Crippen LogP contribution in [0.4, 0.5) is 0 Å². The molecule has 2 fully saturated rings. The largest absolute Gasteiger partial charge is 0.504 e. The molecule has 0 amide bonds. The molecular formula is C17H26N2O2. The number of phenols is 1. The third kappa shape index (κ3) is 2.87. The number of piperazine rings is 1. The van der Waals surface area contributed by atoms with Crippen molar-refractivity contribution in [2.45, 2.75) is 45.3 Å². The molecule has 0 aliphatic carbocycles. The molecule has 21 heavy (non-hydrogen) atoms. The number of para-hydroxylation sites is 1. The van der Waals surface area contributed by atoms with Crippen molar-refractivity contribution >= 4 is 0 Å². The van der Waals surface area contributed by atoms with Crippen LogP contribution in [0.5, 0.6) is 11.5 Å². The molecule has 0 radical (unpaired) electrons. The van der Waals surface area contributed by atoms with Gasteiger partial charge in [0.05, 0.1) is 6.61 Å². The Balaban J connectivity index is 1.73. The van der Waals surface area contributed by atoms with Gasteiger partial charge in [-0.25, -0.2) is 0 Å². The first-order valence-electron chi connectivity index (χ1n) is 8.12. The maximum absolute atomic E-state index is 10.4. The molecule has 2 heterocycles. The minimum Gasteiger partial charge on any atom is -0.504 e. The fourth-order valence-corrected chi connectivity index (χ4v) is 3.79. The monoisotopic (exact) mass is 290 g/mol. The highest BCUT2D eigenvalue weighted by Crippen LogP contribution is 2.33. The van der Waals surface area contributed by atoms with E-state index in [9.17, 15) is 5.11 Å². The van der Waals surface area contributed by atoms with E-state index in [-0.39, 0.29) is 0 Å². The van der Waals surface area contributed by atoms with Crippen molar-refractivity contribution < 1.29 is 9.84 Å². The van der Waals surface area contributed by atoms with Gasteiger partial charge in [0.2, 0.25) is 0 Å². The Morgan fingerprint density at radius 1 is 1.29 bits per heavy atom. The second-order valence-electron chi connectivity index (χ2n) is 6.15. The van der Waals surface area contributed by atoms with Crippen molar-refractivity contribution in [2.75, 3.05) is 26.2 Å². The summed E-state index contributed by atoms with van der Waals surface area (Å²) in [6, 6.07) is 7.05. The molecule has 2 aliphatic rings. The molecule has 2 atom stereocenters.